The lowest BCUT2D eigenvalue weighted by Crippen LogP contribution is -2.01. The van der Waals surface area contributed by atoms with Crippen molar-refractivity contribution in [3.63, 3.8) is 0 Å². The molecule has 27 heavy (non-hydrogen) atoms. The largest absolute Gasteiger partial charge is 0.493 e. The lowest BCUT2D eigenvalue weighted by Gasteiger charge is -2.13. The van der Waals surface area contributed by atoms with E-state index in [1.807, 2.05) is 0 Å². The van der Waals surface area contributed by atoms with Crippen LogP contribution in [-0.4, -0.2) is 37.4 Å². The Balaban J connectivity index is 2.33. The molecule has 0 saturated heterocycles. The van der Waals surface area contributed by atoms with Crippen LogP contribution in [0.15, 0.2) is 35.4 Å². The fourth-order valence-electron chi connectivity index (χ4n) is 2.28. The Morgan fingerprint density at radius 3 is 2.22 bits per heavy atom. The van der Waals surface area contributed by atoms with E-state index in [4.69, 9.17) is 14.2 Å². The topological polar surface area (TPSA) is 138 Å². The number of ether oxygens (including phenoxy) is 3. The number of nitrogens with one attached hydrogen (secondary N) is 1. The molecular weight excluding hydrogens is 360 g/mol. The molecule has 0 radical (unpaired) electrons. The molecule has 0 aliphatic heterocycles. The standard InChI is InChI=1S/C16H16N4O7/c1-25-14-7-4-10(15(26-2)16(14)27-3)9-17-18-12-6-5-11(19(21)22)8-13(12)20(23)24/h4-9,18H,1-3H3/b17-9-. The Hall–Kier alpha value is -3.89. The Bertz CT molecular complexity index is 899. The fourth-order valence-corrected chi connectivity index (χ4v) is 2.28. The quantitative estimate of drug-likeness (QED) is 0.421. The van der Waals surface area contributed by atoms with E-state index >= 15 is 0 Å². The highest BCUT2D eigenvalue weighted by Gasteiger charge is 2.19. The summed E-state index contributed by atoms with van der Waals surface area (Å²) in [7, 11) is 4.39. The van der Waals surface area contributed by atoms with E-state index in [0.29, 0.717) is 22.8 Å². The molecule has 0 bridgehead atoms. The Morgan fingerprint density at radius 2 is 1.67 bits per heavy atom. The lowest BCUT2D eigenvalue weighted by molar-refractivity contribution is -0.393. The van der Waals surface area contributed by atoms with E-state index in [0.717, 1.165) is 12.1 Å². The van der Waals surface area contributed by atoms with E-state index in [1.54, 1.807) is 12.1 Å². The molecule has 0 spiro atoms. The summed E-state index contributed by atoms with van der Waals surface area (Å²) in [5, 5.41) is 25.8. The number of hydrogen-bond acceptors (Lipinski definition) is 9. The SMILES string of the molecule is COc1ccc(/C=N\Nc2ccc([N+](=O)[O-])cc2[N+](=O)[O-])c(OC)c1OC. The fraction of sp³-hybridized carbons (Fsp3) is 0.188. The Labute approximate surface area is 153 Å². The van der Waals surface area contributed by atoms with Gasteiger partial charge in [-0.3, -0.25) is 25.7 Å². The van der Waals surface area contributed by atoms with E-state index in [1.165, 1.54) is 33.6 Å². The van der Waals surface area contributed by atoms with Gasteiger partial charge < -0.3 is 14.2 Å². The average Bonchev–Trinajstić information content (AvgIpc) is 2.67. The molecule has 1 N–H and O–H groups in total. The summed E-state index contributed by atoms with van der Waals surface area (Å²) in [6, 6.07) is 6.52. The maximum absolute atomic E-state index is 11.1. The third kappa shape index (κ3) is 4.21. The van der Waals surface area contributed by atoms with Crippen LogP contribution in [0.2, 0.25) is 0 Å². The first-order valence-corrected chi connectivity index (χ1v) is 7.43. The summed E-state index contributed by atoms with van der Waals surface area (Å²) in [5.74, 6) is 1.19. The molecule has 0 atom stereocenters. The molecule has 0 amide bonds. The highest BCUT2D eigenvalue weighted by molar-refractivity contribution is 5.86. The van der Waals surface area contributed by atoms with E-state index < -0.39 is 21.2 Å². The third-order valence-corrected chi connectivity index (χ3v) is 3.51. The van der Waals surface area contributed by atoms with Gasteiger partial charge in [0.05, 0.1) is 43.5 Å². The monoisotopic (exact) mass is 376 g/mol. The molecule has 142 valence electrons. The van der Waals surface area contributed by atoms with E-state index in [-0.39, 0.29) is 5.69 Å². The van der Waals surface area contributed by atoms with Crippen molar-refractivity contribution >= 4 is 23.3 Å². The second-order valence-electron chi connectivity index (χ2n) is 5.01. The number of anilines is 1. The second-order valence-corrected chi connectivity index (χ2v) is 5.01. The number of nitro groups is 2. The highest BCUT2D eigenvalue weighted by atomic mass is 16.6. The van der Waals surface area contributed by atoms with Crippen molar-refractivity contribution in [3.8, 4) is 17.2 Å². The number of nitrogens with zero attached hydrogens (tertiary/aromatic N) is 3. The zero-order chi connectivity index (χ0) is 20.0. The molecule has 0 aliphatic rings. The summed E-state index contributed by atoms with van der Waals surface area (Å²) in [6.45, 7) is 0. The van der Waals surface area contributed by atoms with Crippen LogP contribution in [0, 0.1) is 20.2 Å². The zero-order valence-corrected chi connectivity index (χ0v) is 14.7. The first-order valence-electron chi connectivity index (χ1n) is 7.43. The normalized spacial score (nSPS) is 10.5. The molecule has 2 aromatic rings. The van der Waals surface area contributed by atoms with Crippen molar-refractivity contribution in [1.82, 2.24) is 0 Å². The number of hydrazone groups is 1. The van der Waals surface area contributed by atoms with Gasteiger partial charge >= 0.3 is 5.69 Å². The molecule has 0 unspecified atom stereocenters. The smallest absolute Gasteiger partial charge is 0.301 e. The van der Waals surface area contributed by atoms with Crippen molar-refractivity contribution in [1.29, 1.82) is 0 Å². The predicted octanol–water partition coefficient (Wildman–Crippen LogP) is 2.97. The van der Waals surface area contributed by atoms with Crippen LogP contribution in [-0.2, 0) is 0 Å². The molecule has 0 heterocycles. The summed E-state index contributed by atoms with van der Waals surface area (Å²) in [5.41, 5.74) is 2.16. The molecule has 0 aliphatic carbocycles. The number of methoxy groups -OCH3 is 3. The van der Waals surface area contributed by atoms with Crippen molar-refractivity contribution in [2.45, 2.75) is 0 Å². The van der Waals surface area contributed by atoms with Gasteiger partial charge in [0, 0.05) is 11.6 Å². The van der Waals surface area contributed by atoms with Gasteiger partial charge in [0.1, 0.15) is 5.69 Å². The summed E-state index contributed by atoms with van der Waals surface area (Å²) < 4.78 is 15.8. The number of rotatable bonds is 8. The van der Waals surface area contributed by atoms with Crippen molar-refractivity contribution < 1.29 is 24.1 Å². The van der Waals surface area contributed by atoms with Crippen molar-refractivity contribution in [2.75, 3.05) is 26.8 Å². The molecular formula is C16H16N4O7. The molecule has 0 saturated carbocycles. The Kier molecular flexibility index (Phi) is 6.10. The third-order valence-electron chi connectivity index (χ3n) is 3.51. The minimum absolute atomic E-state index is 0.00120. The summed E-state index contributed by atoms with van der Waals surface area (Å²) in [6.07, 6.45) is 1.37. The molecule has 11 heteroatoms. The maximum Gasteiger partial charge on any atom is 0.301 e. The van der Waals surface area contributed by atoms with Crippen LogP contribution in [0.3, 0.4) is 0 Å². The van der Waals surface area contributed by atoms with Crippen LogP contribution < -0.4 is 19.6 Å². The van der Waals surface area contributed by atoms with Gasteiger partial charge in [-0.2, -0.15) is 5.10 Å². The van der Waals surface area contributed by atoms with Crippen LogP contribution >= 0.6 is 0 Å². The molecule has 2 rings (SSSR count). The van der Waals surface area contributed by atoms with Crippen LogP contribution in [0.4, 0.5) is 17.1 Å². The zero-order valence-electron chi connectivity index (χ0n) is 14.7. The minimum atomic E-state index is -0.734. The number of nitro benzene ring substituents is 2. The highest BCUT2D eigenvalue weighted by Crippen LogP contribution is 2.39. The number of hydrogen-bond donors (Lipinski definition) is 1. The first-order chi connectivity index (χ1) is 12.9. The van der Waals surface area contributed by atoms with Crippen LogP contribution in [0.5, 0.6) is 17.2 Å². The van der Waals surface area contributed by atoms with Gasteiger partial charge in [0.2, 0.25) is 5.75 Å². The van der Waals surface area contributed by atoms with Gasteiger partial charge in [0.15, 0.2) is 11.5 Å². The minimum Gasteiger partial charge on any atom is -0.493 e. The van der Waals surface area contributed by atoms with Gasteiger partial charge in [-0.1, -0.05) is 0 Å². The Morgan fingerprint density at radius 1 is 0.963 bits per heavy atom. The first kappa shape index (κ1) is 19.4. The average molecular weight is 376 g/mol. The van der Waals surface area contributed by atoms with Crippen LogP contribution in [0.1, 0.15) is 5.56 Å². The van der Waals surface area contributed by atoms with E-state index in [2.05, 4.69) is 10.5 Å². The molecule has 11 nitrogen and oxygen atoms in total. The predicted molar refractivity (Wildman–Crippen MR) is 97.1 cm³/mol. The van der Waals surface area contributed by atoms with Gasteiger partial charge in [-0.05, 0) is 18.2 Å². The summed E-state index contributed by atoms with van der Waals surface area (Å²) in [4.78, 5) is 20.4. The maximum atomic E-state index is 11.1. The van der Waals surface area contributed by atoms with E-state index in [9.17, 15) is 20.2 Å². The molecule has 2 aromatic carbocycles. The number of non-ortho nitro benzene ring substituents is 1. The molecule has 0 aromatic heterocycles. The van der Waals surface area contributed by atoms with Crippen LogP contribution in [0.25, 0.3) is 0 Å². The number of benzene rings is 2. The summed E-state index contributed by atoms with van der Waals surface area (Å²) >= 11 is 0. The van der Waals surface area contributed by atoms with Gasteiger partial charge in [-0.25, -0.2) is 0 Å². The second kappa shape index (κ2) is 8.47. The molecule has 0 fully saturated rings. The van der Waals surface area contributed by atoms with Gasteiger partial charge in [-0.15, -0.1) is 0 Å². The van der Waals surface area contributed by atoms with Crippen molar-refractivity contribution in [2.24, 2.45) is 5.10 Å². The van der Waals surface area contributed by atoms with Gasteiger partial charge in [0.25, 0.3) is 5.69 Å². The van der Waals surface area contributed by atoms with Crippen molar-refractivity contribution in [3.05, 3.63) is 56.1 Å². The lowest BCUT2D eigenvalue weighted by atomic mass is 10.2.